The number of hydrogen-bond acceptors (Lipinski definition) is 8. The second kappa shape index (κ2) is 15.2. The van der Waals surface area contributed by atoms with Crippen LogP contribution in [-0.4, -0.2) is 81.0 Å². The van der Waals surface area contributed by atoms with Gasteiger partial charge in [-0.2, -0.15) is 0 Å². The van der Waals surface area contributed by atoms with Gasteiger partial charge in [-0.3, -0.25) is 28.8 Å². The summed E-state index contributed by atoms with van der Waals surface area (Å²) >= 11 is 0. The number of carbonyl (C=O) groups is 7. The lowest BCUT2D eigenvalue weighted by Crippen LogP contribution is -2.58. The van der Waals surface area contributed by atoms with E-state index in [1.807, 2.05) is 0 Å². The summed E-state index contributed by atoms with van der Waals surface area (Å²) in [5.74, 6) is -7.92. The highest BCUT2D eigenvalue weighted by Crippen LogP contribution is 2.08. The van der Waals surface area contributed by atoms with E-state index < -0.39 is 90.9 Å². The maximum Gasteiger partial charge on any atom is 0.326 e. The summed E-state index contributed by atoms with van der Waals surface area (Å²) in [4.78, 5) is 81.7. The molecular formula is C20H33N5O10. The summed E-state index contributed by atoms with van der Waals surface area (Å²) in [6.07, 6.45) is -2.08. The Morgan fingerprint density at radius 3 is 1.60 bits per heavy atom. The molecule has 10 N–H and O–H groups in total. The van der Waals surface area contributed by atoms with Crippen LogP contribution in [0.25, 0.3) is 0 Å². The van der Waals surface area contributed by atoms with E-state index in [-0.39, 0.29) is 19.3 Å². The van der Waals surface area contributed by atoms with Crippen molar-refractivity contribution >= 4 is 41.5 Å². The molecule has 4 unspecified atom stereocenters. The average Bonchev–Trinajstić information content (AvgIpc) is 2.74. The number of carboxylic acid groups (broad SMARTS) is 3. The van der Waals surface area contributed by atoms with Gasteiger partial charge in [0.25, 0.3) is 0 Å². The molecule has 0 aliphatic heterocycles. The maximum absolute atomic E-state index is 12.8. The van der Waals surface area contributed by atoms with Crippen LogP contribution in [0.5, 0.6) is 0 Å². The van der Waals surface area contributed by atoms with Crippen molar-refractivity contribution in [2.75, 3.05) is 0 Å². The van der Waals surface area contributed by atoms with Crippen molar-refractivity contribution in [1.29, 1.82) is 0 Å². The molecule has 0 aliphatic rings. The fourth-order valence-corrected chi connectivity index (χ4v) is 2.82. The number of nitrogens with two attached hydrogens (primary N) is 2. The van der Waals surface area contributed by atoms with Crippen molar-refractivity contribution in [1.82, 2.24) is 16.0 Å². The highest BCUT2D eigenvalue weighted by atomic mass is 16.4. The van der Waals surface area contributed by atoms with Crippen LogP contribution in [0.15, 0.2) is 0 Å². The van der Waals surface area contributed by atoms with E-state index in [2.05, 4.69) is 16.0 Å². The summed E-state index contributed by atoms with van der Waals surface area (Å²) in [5.41, 5.74) is 10.7. The van der Waals surface area contributed by atoms with Gasteiger partial charge in [0.1, 0.15) is 18.1 Å². The lowest BCUT2D eigenvalue weighted by molar-refractivity contribution is -0.143. The van der Waals surface area contributed by atoms with Crippen molar-refractivity contribution in [2.45, 2.75) is 76.5 Å². The molecule has 0 radical (unpaired) electrons. The first kappa shape index (κ1) is 31.2. The average molecular weight is 504 g/mol. The molecule has 0 bridgehead atoms. The molecule has 15 nitrogen and oxygen atoms in total. The minimum atomic E-state index is -1.53. The first-order valence-electron chi connectivity index (χ1n) is 10.8. The zero-order chi connectivity index (χ0) is 27.3. The minimum Gasteiger partial charge on any atom is -0.481 e. The van der Waals surface area contributed by atoms with Crippen LogP contribution in [0.3, 0.4) is 0 Å². The standard InChI is InChI=1S/C20H33N5O10/c1-9(2)16(19(33)24-12(20(34)35)5-8-15(29)30)25-18(32)11(4-7-14(27)28)23-17(31)10(21)3-6-13(22)26/h9-12,16H,3-8,21H2,1-2H3,(H2,22,26)(H,23,31)(H,24,33)(H,25,32)(H,27,28)(H,29,30)(H,34,35). The zero-order valence-corrected chi connectivity index (χ0v) is 19.5. The molecule has 0 aromatic heterocycles. The number of rotatable bonds is 17. The van der Waals surface area contributed by atoms with Crippen molar-refractivity contribution in [3.05, 3.63) is 0 Å². The van der Waals surface area contributed by atoms with E-state index in [9.17, 15) is 38.7 Å². The Bertz CT molecular complexity index is 816. The third kappa shape index (κ3) is 12.9. The first-order valence-corrected chi connectivity index (χ1v) is 10.8. The molecule has 35 heavy (non-hydrogen) atoms. The lowest BCUT2D eigenvalue weighted by atomic mass is 10.0. The van der Waals surface area contributed by atoms with Gasteiger partial charge < -0.3 is 42.7 Å². The molecule has 0 spiro atoms. The van der Waals surface area contributed by atoms with Crippen molar-refractivity contribution in [2.24, 2.45) is 17.4 Å². The van der Waals surface area contributed by atoms with Crippen LogP contribution in [-0.2, 0) is 33.6 Å². The molecule has 0 saturated heterocycles. The van der Waals surface area contributed by atoms with Gasteiger partial charge in [0.15, 0.2) is 0 Å². The van der Waals surface area contributed by atoms with Crippen molar-refractivity contribution in [3.8, 4) is 0 Å². The van der Waals surface area contributed by atoms with Crippen LogP contribution in [0.4, 0.5) is 0 Å². The maximum atomic E-state index is 12.8. The molecule has 0 rings (SSSR count). The number of aliphatic carboxylic acids is 3. The van der Waals surface area contributed by atoms with E-state index in [0.717, 1.165) is 0 Å². The van der Waals surface area contributed by atoms with Gasteiger partial charge in [-0.25, -0.2) is 4.79 Å². The molecule has 0 aromatic carbocycles. The molecule has 4 amide bonds. The van der Waals surface area contributed by atoms with Gasteiger partial charge in [0, 0.05) is 19.3 Å². The molecule has 15 heteroatoms. The number of hydrogen-bond donors (Lipinski definition) is 8. The summed E-state index contributed by atoms with van der Waals surface area (Å²) in [5, 5.41) is 33.8. The van der Waals surface area contributed by atoms with Gasteiger partial charge >= 0.3 is 17.9 Å². The molecule has 0 aromatic rings. The number of amides is 4. The van der Waals surface area contributed by atoms with E-state index in [0.29, 0.717) is 0 Å². The van der Waals surface area contributed by atoms with Crippen LogP contribution < -0.4 is 27.4 Å². The second-order valence-corrected chi connectivity index (χ2v) is 8.17. The first-order chi connectivity index (χ1) is 16.1. The van der Waals surface area contributed by atoms with E-state index in [1.54, 1.807) is 13.8 Å². The SMILES string of the molecule is CC(C)C(NC(=O)C(CCC(=O)O)NC(=O)C(N)CCC(N)=O)C(=O)NC(CCC(=O)O)C(=O)O. The Morgan fingerprint density at radius 1 is 0.686 bits per heavy atom. The van der Waals surface area contributed by atoms with Gasteiger partial charge in [-0.1, -0.05) is 13.8 Å². The monoisotopic (exact) mass is 503 g/mol. The molecule has 0 saturated carbocycles. The minimum absolute atomic E-state index is 0.113. The third-order valence-corrected chi connectivity index (χ3v) is 4.83. The fourth-order valence-electron chi connectivity index (χ4n) is 2.82. The summed E-state index contributed by atoms with van der Waals surface area (Å²) in [6, 6.07) is -5.43. The molecule has 198 valence electrons. The Labute approximate surface area is 201 Å². The number of nitrogens with one attached hydrogen (secondary N) is 3. The zero-order valence-electron chi connectivity index (χ0n) is 19.5. The lowest BCUT2D eigenvalue weighted by Gasteiger charge is -2.27. The Morgan fingerprint density at radius 2 is 1.17 bits per heavy atom. The third-order valence-electron chi connectivity index (χ3n) is 4.83. The second-order valence-electron chi connectivity index (χ2n) is 8.17. The van der Waals surface area contributed by atoms with Gasteiger partial charge in [0.05, 0.1) is 6.04 Å². The largest absolute Gasteiger partial charge is 0.481 e. The van der Waals surface area contributed by atoms with E-state index in [1.165, 1.54) is 0 Å². The number of carbonyl (C=O) groups excluding carboxylic acids is 4. The summed E-state index contributed by atoms with van der Waals surface area (Å²) in [6.45, 7) is 3.09. The topological polar surface area (TPSA) is 268 Å². The Kier molecular flexibility index (Phi) is 13.6. The predicted molar refractivity (Wildman–Crippen MR) is 118 cm³/mol. The van der Waals surface area contributed by atoms with Crippen LogP contribution in [0.2, 0.25) is 0 Å². The molecular weight excluding hydrogens is 470 g/mol. The van der Waals surface area contributed by atoms with Crippen LogP contribution in [0, 0.1) is 5.92 Å². The van der Waals surface area contributed by atoms with Crippen molar-refractivity contribution < 1.29 is 48.9 Å². The number of primary amides is 1. The highest BCUT2D eigenvalue weighted by Gasteiger charge is 2.32. The van der Waals surface area contributed by atoms with Crippen LogP contribution in [0.1, 0.15) is 52.4 Å². The highest BCUT2D eigenvalue weighted by molar-refractivity contribution is 5.94. The normalized spacial score (nSPS) is 14.2. The van der Waals surface area contributed by atoms with Gasteiger partial charge in [-0.05, 0) is 25.2 Å². The van der Waals surface area contributed by atoms with E-state index >= 15 is 0 Å². The molecule has 0 aliphatic carbocycles. The summed E-state index contributed by atoms with van der Waals surface area (Å²) in [7, 11) is 0. The predicted octanol–water partition coefficient (Wildman–Crippen LogP) is -2.50. The van der Waals surface area contributed by atoms with E-state index in [4.69, 9.17) is 21.7 Å². The fraction of sp³-hybridized carbons (Fsp3) is 0.650. The quantitative estimate of drug-likeness (QED) is 0.103. The Balaban J connectivity index is 5.47. The molecule has 0 fully saturated rings. The van der Waals surface area contributed by atoms with Gasteiger partial charge in [-0.15, -0.1) is 0 Å². The summed E-state index contributed by atoms with van der Waals surface area (Å²) < 4.78 is 0. The molecule has 0 heterocycles. The van der Waals surface area contributed by atoms with Crippen LogP contribution >= 0.6 is 0 Å². The molecule has 4 atom stereocenters. The van der Waals surface area contributed by atoms with Crippen molar-refractivity contribution in [3.63, 3.8) is 0 Å². The number of carboxylic acids is 3. The smallest absolute Gasteiger partial charge is 0.326 e. The van der Waals surface area contributed by atoms with Gasteiger partial charge in [0.2, 0.25) is 23.6 Å². The Hall–Kier alpha value is -3.75.